The molecule has 0 bridgehead atoms. The van der Waals surface area contributed by atoms with E-state index in [0.29, 0.717) is 6.04 Å². The molecule has 0 saturated heterocycles. The van der Waals surface area contributed by atoms with Crippen LogP contribution in [-0.2, 0) is 0 Å². The quantitative estimate of drug-likeness (QED) is 0.292. The highest BCUT2D eigenvalue weighted by molar-refractivity contribution is 14.1. The number of unbranched alkanes of at least 4 members (excludes halogenated alkanes) is 3. The Hall–Kier alpha value is 0.130. The van der Waals surface area contributed by atoms with Crippen molar-refractivity contribution in [1.82, 2.24) is 5.32 Å². The van der Waals surface area contributed by atoms with Crippen LogP contribution >= 0.6 is 38.5 Å². The van der Waals surface area contributed by atoms with Gasteiger partial charge in [0.15, 0.2) is 0 Å². The molecule has 1 aromatic carbocycles. The van der Waals surface area contributed by atoms with E-state index in [1.54, 1.807) is 0 Å². The van der Waals surface area contributed by atoms with Gasteiger partial charge in [-0.3, -0.25) is 0 Å². The molecule has 1 nitrogen and oxygen atoms in total. The van der Waals surface area contributed by atoms with Gasteiger partial charge < -0.3 is 5.32 Å². The van der Waals surface area contributed by atoms with Gasteiger partial charge in [0.2, 0.25) is 0 Å². The van der Waals surface area contributed by atoms with E-state index in [1.807, 2.05) is 6.08 Å². The third kappa shape index (κ3) is 6.41. The van der Waals surface area contributed by atoms with Crippen LogP contribution in [0.5, 0.6) is 0 Å². The summed E-state index contributed by atoms with van der Waals surface area (Å²) in [5, 5.41) is 3.60. The van der Waals surface area contributed by atoms with Gasteiger partial charge in [-0.25, -0.2) is 0 Å². The number of allylic oxidation sites excluding steroid dienone is 1. The topological polar surface area (TPSA) is 12.0 Å². The summed E-state index contributed by atoms with van der Waals surface area (Å²) in [4.78, 5) is 0. The zero-order valence-corrected chi connectivity index (χ0v) is 15.3. The van der Waals surface area contributed by atoms with Crippen molar-refractivity contribution in [3.05, 3.63) is 44.5 Å². The molecule has 0 spiro atoms. The van der Waals surface area contributed by atoms with Crippen LogP contribution in [0.15, 0.2) is 35.3 Å². The summed E-state index contributed by atoms with van der Waals surface area (Å²) >= 11 is 6.06. The van der Waals surface area contributed by atoms with Gasteiger partial charge in [-0.1, -0.05) is 41.8 Å². The fraction of sp³-hybridized carbons (Fsp3) is 0.500. The van der Waals surface area contributed by atoms with E-state index < -0.39 is 0 Å². The zero-order valence-electron chi connectivity index (χ0n) is 11.6. The minimum Gasteiger partial charge on any atom is -0.310 e. The average Bonchev–Trinajstić information content (AvgIpc) is 2.40. The van der Waals surface area contributed by atoms with Crippen LogP contribution in [0.25, 0.3) is 0 Å². The van der Waals surface area contributed by atoms with Crippen molar-refractivity contribution in [2.45, 2.75) is 45.1 Å². The van der Waals surface area contributed by atoms with Crippen LogP contribution < -0.4 is 5.32 Å². The normalized spacial score (nSPS) is 12.4. The first-order valence-electron chi connectivity index (χ1n) is 6.98. The molecule has 1 N–H and O–H groups in total. The Morgan fingerprint density at radius 2 is 2.16 bits per heavy atom. The summed E-state index contributed by atoms with van der Waals surface area (Å²) in [5.74, 6) is 0. The largest absolute Gasteiger partial charge is 0.310 e. The van der Waals surface area contributed by atoms with Crippen LogP contribution in [0.3, 0.4) is 0 Å². The molecule has 0 aliphatic heterocycles. The third-order valence-electron chi connectivity index (χ3n) is 3.19. The van der Waals surface area contributed by atoms with E-state index >= 15 is 0 Å². The van der Waals surface area contributed by atoms with Crippen LogP contribution in [0.1, 0.15) is 50.6 Å². The molecular weight excluding hydrogens is 413 g/mol. The van der Waals surface area contributed by atoms with Gasteiger partial charge in [0.1, 0.15) is 0 Å². The molecule has 0 aliphatic carbocycles. The van der Waals surface area contributed by atoms with Gasteiger partial charge in [-0.05, 0) is 72.2 Å². The van der Waals surface area contributed by atoms with Crippen LogP contribution in [0.2, 0.25) is 0 Å². The maximum atomic E-state index is 3.77. The predicted molar refractivity (Wildman–Crippen MR) is 96.6 cm³/mol. The molecule has 0 saturated carbocycles. The Morgan fingerprint density at radius 3 is 2.84 bits per heavy atom. The Balaban J connectivity index is 2.60. The lowest BCUT2D eigenvalue weighted by atomic mass is 10.00. The molecule has 0 aromatic heterocycles. The van der Waals surface area contributed by atoms with Gasteiger partial charge in [0.25, 0.3) is 0 Å². The Bertz CT molecular complexity index is 392. The smallest absolute Gasteiger partial charge is 0.0331 e. The first-order valence-corrected chi connectivity index (χ1v) is 8.85. The van der Waals surface area contributed by atoms with Crippen molar-refractivity contribution in [1.29, 1.82) is 0 Å². The van der Waals surface area contributed by atoms with Gasteiger partial charge >= 0.3 is 0 Å². The van der Waals surface area contributed by atoms with Crippen LogP contribution in [0, 0.1) is 3.57 Å². The lowest BCUT2D eigenvalue weighted by molar-refractivity contribution is 0.482. The molecule has 0 radical (unpaired) electrons. The fourth-order valence-corrected chi connectivity index (χ4v) is 3.25. The van der Waals surface area contributed by atoms with E-state index in [4.69, 9.17) is 0 Å². The minimum absolute atomic E-state index is 0.456. The highest BCUT2D eigenvalue weighted by Crippen LogP contribution is 2.29. The molecule has 106 valence electrons. The van der Waals surface area contributed by atoms with Crippen molar-refractivity contribution in [2.24, 2.45) is 0 Å². The van der Waals surface area contributed by atoms with Crippen molar-refractivity contribution in [3.63, 3.8) is 0 Å². The molecule has 0 aliphatic rings. The lowest BCUT2D eigenvalue weighted by Crippen LogP contribution is -2.21. The second-order valence-electron chi connectivity index (χ2n) is 4.70. The van der Waals surface area contributed by atoms with E-state index in [0.717, 1.165) is 13.0 Å². The fourth-order valence-electron chi connectivity index (χ4n) is 2.21. The minimum atomic E-state index is 0.456. The summed E-state index contributed by atoms with van der Waals surface area (Å²) in [7, 11) is 0. The van der Waals surface area contributed by atoms with Gasteiger partial charge in [0.05, 0.1) is 0 Å². The van der Waals surface area contributed by atoms with Crippen molar-refractivity contribution < 1.29 is 0 Å². The highest BCUT2D eigenvalue weighted by Gasteiger charge is 2.13. The summed E-state index contributed by atoms with van der Waals surface area (Å²) in [5.41, 5.74) is 1.39. The van der Waals surface area contributed by atoms with Gasteiger partial charge in [-0.2, -0.15) is 0 Å². The molecule has 3 heteroatoms. The molecule has 19 heavy (non-hydrogen) atoms. The monoisotopic (exact) mass is 435 g/mol. The second kappa shape index (κ2) is 9.94. The third-order valence-corrected chi connectivity index (χ3v) is 4.58. The molecule has 1 aromatic rings. The first kappa shape index (κ1) is 17.2. The molecule has 1 unspecified atom stereocenters. The molecular formula is C16H23BrIN. The Morgan fingerprint density at radius 1 is 1.37 bits per heavy atom. The number of hydrogen-bond acceptors (Lipinski definition) is 1. The van der Waals surface area contributed by atoms with Gasteiger partial charge in [0, 0.05) is 14.1 Å². The number of benzene rings is 1. The summed E-state index contributed by atoms with van der Waals surface area (Å²) < 4.78 is 2.51. The lowest BCUT2D eigenvalue weighted by Gasteiger charge is -2.20. The molecule has 0 fully saturated rings. The SMILES string of the molecule is C=CCCCCCC(NCC)c1cc(I)ccc1Br. The molecule has 0 amide bonds. The van der Waals surface area contributed by atoms with Crippen molar-refractivity contribution in [2.75, 3.05) is 6.54 Å². The molecule has 1 rings (SSSR count). The van der Waals surface area contributed by atoms with E-state index in [-0.39, 0.29) is 0 Å². The Kier molecular flexibility index (Phi) is 8.99. The first-order chi connectivity index (χ1) is 9.19. The number of nitrogens with one attached hydrogen (secondary N) is 1. The zero-order chi connectivity index (χ0) is 14.1. The van der Waals surface area contributed by atoms with Crippen molar-refractivity contribution >= 4 is 38.5 Å². The highest BCUT2D eigenvalue weighted by atomic mass is 127. The van der Waals surface area contributed by atoms with E-state index in [9.17, 15) is 0 Å². The maximum absolute atomic E-state index is 3.77. The van der Waals surface area contributed by atoms with Crippen LogP contribution in [0.4, 0.5) is 0 Å². The second-order valence-corrected chi connectivity index (χ2v) is 6.80. The maximum Gasteiger partial charge on any atom is 0.0331 e. The number of hydrogen-bond donors (Lipinski definition) is 1. The van der Waals surface area contributed by atoms with Crippen LogP contribution in [-0.4, -0.2) is 6.54 Å². The van der Waals surface area contributed by atoms with E-state index in [2.05, 4.69) is 75.5 Å². The Labute approximate surface area is 139 Å². The average molecular weight is 436 g/mol. The predicted octanol–water partition coefficient (Wildman–Crippen LogP) is 5.84. The number of rotatable bonds is 9. The number of halogens is 2. The van der Waals surface area contributed by atoms with Gasteiger partial charge in [-0.15, -0.1) is 6.58 Å². The summed E-state index contributed by atoms with van der Waals surface area (Å²) in [6, 6.07) is 7.03. The summed E-state index contributed by atoms with van der Waals surface area (Å²) in [6.45, 7) is 6.95. The molecule has 0 heterocycles. The molecule has 1 atom stereocenters. The summed E-state index contributed by atoms with van der Waals surface area (Å²) in [6.07, 6.45) is 8.16. The van der Waals surface area contributed by atoms with E-state index in [1.165, 1.54) is 39.3 Å². The standard InChI is InChI=1S/C16H23BrIN/c1-3-5-6-7-8-9-16(19-4-2)14-12-13(18)10-11-15(14)17/h3,10-12,16,19H,1,4-9H2,2H3. The van der Waals surface area contributed by atoms with Crippen molar-refractivity contribution in [3.8, 4) is 0 Å².